The minimum atomic E-state index is -0.0216. The topological polar surface area (TPSA) is 45.2 Å². The van der Waals surface area contributed by atoms with Crippen LogP contribution in [0.15, 0.2) is 35.2 Å². The number of hydrogen-bond acceptors (Lipinski definition) is 4. The van der Waals surface area contributed by atoms with Crippen molar-refractivity contribution in [2.24, 2.45) is 0 Å². The van der Waals surface area contributed by atoms with E-state index in [9.17, 15) is 4.79 Å². The second kappa shape index (κ2) is 6.72. The third kappa shape index (κ3) is 3.82. The highest BCUT2D eigenvalue weighted by atomic mass is 32.1. The van der Waals surface area contributed by atoms with Gasteiger partial charge in [0, 0.05) is 29.8 Å². The second-order valence-electron chi connectivity index (χ2n) is 5.30. The largest absolute Gasteiger partial charge is 0.372 e. The number of thiazole rings is 1. The summed E-state index contributed by atoms with van der Waals surface area (Å²) in [5.41, 5.74) is 4.65. The molecule has 0 saturated carbocycles. The maximum atomic E-state index is 11.9. The zero-order valence-electron chi connectivity index (χ0n) is 11.9. The van der Waals surface area contributed by atoms with Crippen molar-refractivity contribution in [2.45, 2.75) is 25.7 Å². The van der Waals surface area contributed by atoms with Crippen LogP contribution in [0.1, 0.15) is 25.0 Å². The first-order valence-electron chi connectivity index (χ1n) is 7.33. The Morgan fingerprint density at radius 2 is 1.95 bits per heavy atom. The fourth-order valence-electron chi connectivity index (χ4n) is 2.60. The molecule has 21 heavy (non-hydrogen) atoms. The van der Waals surface area contributed by atoms with Crippen molar-refractivity contribution in [3.63, 3.8) is 0 Å². The average Bonchev–Trinajstić information content (AvgIpc) is 3.02. The van der Waals surface area contributed by atoms with E-state index in [4.69, 9.17) is 0 Å². The molecule has 2 heterocycles. The lowest BCUT2D eigenvalue weighted by Gasteiger charge is -2.28. The molecule has 1 aromatic heterocycles. The van der Waals surface area contributed by atoms with Gasteiger partial charge in [0.05, 0.1) is 17.6 Å². The predicted molar refractivity (Wildman–Crippen MR) is 87.0 cm³/mol. The predicted octanol–water partition coefficient (Wildman–Crippen LogP) is 3.31. The second-order valence-corrected chi connectivity index (χ2v) is 6.02. The van der Waals surface area contributed by atoms with Gasteiger partial charge < -0.3 is 10.2 Å². The summed E-state index contributed by atoms with van der Waals surface area (Å²) < 4.78 is 0. The number of carbonyl (C=O) groups excluding carboxylic acids is 1. The molecule has 1 aliphatic rings. The molecule has 0 atom stereocenters. The number of anilines is 2. The summed E-state index contributed by atoms with van der Waals surface area (Å²) in [5.74, 6) is -0.0216. The molecule has 0 bridgehead atoms. The Balaban J connectivity index is 1.57. The lowest BCUT2D eigenvalue weighted by Crippen LogP contribution is -2.29. The van der Waals surface area contributed by atoms with Gasteiger partial charge in [0.1, 0.15) is 0 Å². The van der Waals surface area contributed by atoms with Crippen molar-refractivity contribution in [3.8, 4) is 0 Å². The number of nitrogens with one attached hydrogen (secondary N) is 1. The van der Waals surface area contributed by atoms with Crippen LogP contribution in [0.2, 0.25) is 0 Å². The molecule has 0 spiro atoms. The lowest BCUT2D eigenvalue weighted by molar-refractivity contribution is -0.115. The van der Waals surface area contributed by atoms with Gasteiger partial charge in [0.25, 0.3) is 0 Å². The third-order valence-electron chi connectivity index (χ3n) is 3.70. The Labute approximate surface area is 128 Å². The average molecular weight is 301 g/mol. The zero-order valence-corrected chi connectivity index (χ0v) is 12.7. The zero-order chi connectivity index (χ0) is 14.5. The summed E-state index contributed by atoms with van der Waals surface area (Å²) in [6.07, 6.45) is 4.21. The smallest absolute Gasteiger partial charge is 0.230 e. The minimum absolute atomic E-state index is 0.0216. The fraction of sp³-hybridized carbons (Fsp3) is 0.375. The van der Waals surface area contributed by atoms with Crippen molar-refractivity contribution in [1.82, 2.24) is 4.98 Å². The van der Waals surface area contributed by atoms with Gasteiger partial charge in [0.15, 0.2) is 0 Å². The van der Waals surface area contributed by atoms with E-state index in [1.54, 1.807) is 5.51 Å². The van der Waals surface area contributed by atoms with Gasteiger partial charge in [-0.2, -0.15) is 0 Å². The molecule has 110 valence electrons. The molecule has 1 saturated heterocycles. The number of rotatable bonds is 4. The van der Waals surface area contributed by atoms with E-state index < -0.39 is 0 Å². The number of amides is 1. The molecule has 2 aromatic rings. The highest BCUT2D eigenvalue weighted by molar-refractivity contribution is 7.07. The Morgan fingerprint density at radius 1 is 1.19 bits per heavy atom. The van der Waals surface area contributed by atoms with Crippen LogP contribution in [0.5, 0.6) is 0 Å². The molecule has 0 aliphatic carbocycles. The van der Waals surface area contributed by atoms with Gasteiger partial charge in [0.2, 0.25) is 5.91 Å². The maximum absolute atomic E-state index is 11.9. The lowest BCUT2D eigenvalue weighted by atomic mass is 10.1. The number of benzene rings is 1. The molecule has 0 unspecified atom stereocenters. The molecule has 4 nitrogen and oxygen atoms in total. The summed E-state index contributed by atoms with van der Waals surface area (Å²) in [6, 6.07) is 8.12. The van der Waals surface area contributed by atoms with E-state index in [1.807, 2.05) is 17.5 Å². The molecular formula is C16H19N3OS. The molecule has 1 fully saturated rings. The van der Waals surface area contributed by atoms with Crippen LogP contribution in [0.25, 0.3) is 0 Å². The molecule has 1 N–H and O–H groups in total. The van der Waals surface area contributed by atoms with E-state index in [-0.39, 0.29) is 5.91 Å². The highest BCUT2D eigenvalue weighted by Gasteiger charge is 2.11. The van der Waals surface area contributed by atoms with E-state index in [0.717, 1.165) is 24.5 Å². The van der Waals surface area contributed by atoms with Crippen LogP contribution in [0.4, 0.5) is 11.4 Å². The molecule has 1 aromatic carbocycles. The Morgan fingerprint density at radius 3 is 2.62 bits per heavy atom. The fourth-order valence-corrected chi connectivity index (χ4v) is 3.16. The Bertz CT molecular complexity index is 574. The minimum Gasteiger partial charge on any atom is -0.372 e. The van der Waals surface area contributed by atoms with Gasteiger partial charge in [-0.15, -0.1) is 11.3 Å². The van der Waals surface area contributed by atoms with Gasteiger partial charge in [-0.3, -0.25) is 4.79 Å². The standard InChI is InChI=1S/C16H19N3OS/c20-16(10-14-11-21-12-17-14)18-13-4-6-15(7-5-13)19-8-2-1-3-9-19/h4-7,11-12H,1-3,8-10H2,(H,18,20). The molecule has 1 aliphatic heterocycles. The first-order chi connectivity index (χ1) is 10.3. The Hall–Kier alpha value is -1.88. The third-order valence-corrected chi connectivity index (χ3v) is 4.33. The van der Waals surface area contributed by atoms with E-state index in [0.29, 0.717) is 6.42 Å². The van der Waals surface area contributed by atoms with Crippen LogP contribution in [-0.4, -0.2) is 24.0 Å². The monoisotopic (exact) mass is 301 g/mol. The molecule has 0 radical (unpaired) electrons. The van der Waals surface area contributed by atoms with E-state index in [1.165, 1.54) is 36.3 Å². The Kier molecular flexibility index (Phi) is 4.50. The highest BCUT2D eigenvalue weighted by Crippen LogP contribution is 2.21. The number of hydrogen-bond donors (Lipinski definition) is 1. The van der Waals surface area contributed by atoms with Crippen molar-refractivity contribution in [3.05, 3.63) is 40.8 Å². The molecule has 5 heteroatoms. The van der Waals surface area contributed by atoms with Crippen molar-refractivity contribution < 1.29 is 4.79 Å². The number of carbonyl (C=O) groups is 1. The van der Waals surface area contributed by atoms with Gasteiger partial charge in [-0.05, 0) is 43.5 Å². The molecular weight excluding hydrogens is 282 g/mol. The first kappa shape index (κ1) is 14.1. The van der Waals surface area contributed by atoms with Gasteiger partial charge in [-0.1, -0.05) is 0 Å². The quantitative estimate of drug-likeness (QED) is 0.942. The number of nitrogens with zero attached hydrogens (tertiary/aromatic N) is 2. The number of piperidine rings is 1. The molecule has 3 rings (SSSR count). The van der Waals surface area contributed by atoms with Crippen LogP contribution < -0.4 is 10.2 Å². The van der Waals surface area contributed by atoms with Crippen LogP contribution in [-0.2, 0) is 11.2 Å². The summed E-state index contributed by atoms with van der Waals surface area (Å²) in [5, 5.41) is 4.82. The summed E-state index contributed by atoms with van der Waals surface area (Å²) in [7, 11) is 0. The summed E-state index contributed by atoms with van der Waals surface area (Å²) in [6.45, 7) is 2.27. The first-order valence-corrected chi connectivity index (χ1v) is 8.27. The van der Waals surface area contributed by atoms with Crippen LogP contribution >= 0.6 is 11.3 Å². The summed E-state index contributed by atoms with van der Waals surface area (Å²) >= 11 is 1.51. The van der Waals surface area contributed by atoms with Gasteiger partial charge in [-0.25, -0.2) is 4.98 Å². The van der Waals surface area contributed by atoms with Crippen molar-refractivity contribution in [2.75, 3.05) is 23.3 Å². The van der Waals surface area contributed by atoms with Crippen molar-refractivity contribution >= 4 is 28.6 Å². The molecule has 1 amide bonds. The van der Waals surface area contributed by atoms with Crippen molar-refractivity contribution in [1.29, 1.82) is 0 Å². The van der Waals surface area contributed by atoms with E-state index in [2.05, 4.69) is 27.3 Å². The van der Waals surface area contributed by atoms with Gasteiger partial charge >= 0.3 is 0 Å². The summed E-state index contributed by atoms with van der Waals surface area (Å²) in [4.78, 5) is 18.4. The van der Waals surface area contributed by atoms with Crippen LogP contribution in [0.3, 0.4) is 0 Å². The normalized spacial score (nSPS) is 15.0. The SMILES string of the molecule is O=C(Cc1cscn1)Nc1ccc(N2CCCCC2)cc1. The van der Waals surface area contributed by atoms with Crippen LogP contribution in [0, 0.1) is 0 Å². The number of aromatic nitrogens is 1. The maximum Gasteiger partial charge on any atom is 0.230 e. The van der Waals surface area contributed by atoms with E-state index >= 15 is 0 Å².